The summed E-state index contributed by atoms with van der Waals surface area (Å²) in [5, 5.41) is 0. The molecule has 0 saturated heterocycles. The van der Waals surface area contributed by atoms with E-state index in [0.29, 0.717) is 13.0 Å². The van der Waals surface area contributed by atoms with Gasteiger partial charge in [-0.15, -0.1) is 0 Å². The maximum Gasteiger partial charge on any atom is 0.469 e. The van der Waals surface area contributed by atoms with Gasteiger partial charge in [0.1, 0.15) is 0 Å². The number of rotatable bonds is 12. The first-order chi connectivity index (χ1) is 8.92. The summed E-state index contributed by atoms with van der Waals surface area (Å²) in [6.07, 6.45) is 8.01. The van der Waals surface area contributed by atoms with Crippen LogP contribution in [0.2, 0.25) is 0 Å². The van der Waals surface area contributed by atoms with E-state index < -0.39 is 7.82 Å². The molecule has 6 nitrogen and oxygen atoms in total. The molecular formula is C12H25O6P. The van der Waals surface area contributed by atoms with E-state index in [-0.39, 0.29) is 12.6 Å². The van der Waals surface area contributed by atoms with Crippen molar-refractivity contribution in [3.05, 3.63) is 0 Å². The smallest absolute Gasteiger partial charge is 0.466 e. The number of ether oxygens (including phenoxy) is 1. The molecule has 0 unspecified atom stereocenters. The first kappa shape index (κ1) is 18.6. The topological polar surface area (TPSA) is 93.1 Å². The van der Waals surface area contributed by atoms with Crippen molar-refractivity contribution in [1.29, 1.82) is 0 Å². The van der Waals surface area contributed by atoms with Crippen LogP contribution < -0.4 is 0 Å². The van der Waals surface area contributed by atoms with Crippen LogP contribution in [0, 0.1) is 0 Å². The fourth-order valence-corrected chi connectivity index (χ4v) is 2.03. The lowest BCUT2D eigenvalue weighted by atomic mass is 10.1. The van der Waals surface area contributed by atoms with E-state index >= 15 is 0 Å². The van der Waals surface area contributed by atoms with E-state index in [2.05, 4.69) is 4.52 Å². The zero-order chi connectivity index (χ0) is 14.6. The summed E-state index contributed by atoms with van der Waals surface area (Å²) in [4.78, 5) is 27.4. The molecule has 0 aliphatic carbocycles. The van der Waals surface area contributed by atoms with Crippen molar-refractivity contribution in [1.82, 2.24) is 0 Å². The summed E-state index contributed by atoms with van der Waals surface area (Å²) in [7, 11) is -4.29. The van der Waals surface area contributed by atoms with Crippen molar-refractivity contribution in [2.75, 3.05) is 13.2 Å². The highest BCUT2D eigenvalue weighted by Gasteiger charge is 2.12. The molecule has 0 fully saturated rings. The van der Waals surface area contributed by atoms with Gasteiger partial charge in [0.2, 0.25) is 0 Å². The van der Waals surface area contributed by atoms with Crippen LogP contribution in [0.3, 0.4) is 0 Å². The number of phosphoric ester groups is 1. The normalized spacial score (nSPS) is 11.5. The molecule has 0 radical (unpaired) electrons. The van der Waals surface area contributed by atoms with E-state index in [1.165, 1.54) is 6.92 Å². The lowest BCUT2D eigenvalue weighted by Crippen LogP contribution is -2.00. The standard InChI is InChI=1S/C12H25O6P/c1-12(13)17-10-8-6-4-2-3-5-7-9-11-18-19(14,15)16/h2-11H2,1H3,(H2,14,15,16). The van der Waals surface area contributed by atoms with Gasteiger partial charge in [0.05, 0.1) is 13.2 Å². The zero-order valence-corrected chi connectivity index (χ0v) is 12.4. The number of carbonyl (C=O) groups is 1. The fraction of sp³-hybridized carbons (Fsp3) is 0.917. The minimum Gasteiger partial charge on any atom is -0.466 e. The number of phosphoric acid groups is 1. The number of hydrogen-bond acceptors (Lipinski definition) is 4. The Morgan fingerprint density at radius 3 is 1.74 bits per heavy atom. The molecule has 2 N–H and O–H groups in total. The summed E-state index contributed by atoms with van der Waals surface area (Å²) >= 11 is 0. The van der Waals surface area contributed by atoms with Crippen molar-refractivity contribution in [2.45, 2.75) is 58.3 Å². The van der Waals surface area contributed by atoms with Crippen LogP contribution in [-0.2, 0) is 18.6 Å². The molecule has 0 aliphatic heterocycles. The fourth-order valence-electron chi connectivity index (χ4n) is 1.66. The number of carbonyl (C=O) groups excluding carboxylic acids is 1. The highest BCUT2D eigenvalue weighted by atomic mass is 31.2. The van der Waals surface area contributed by atoms with Crippen LogP contribution in [0.4, 0.5) is 0 Å². The molecule has 0 atom stereocenters. The summed E-state index contributed by atoms with van der Waals surface area (Å²) in [6, 6.07) is 0. The lowest BCUT2D eigenvalue weighted by Gasteiger charge is -2.05. The molecule has 19 heavy (non-hydrogen) atoms. The SMILES string of the molecule is CC(=O)OCCCCCCCCCCOP(=O)(O)O. The molecular weight excluding hydrogens is 271 g/mol. The zero-order valence-electron chi connectivity index (χ0n) is 11.5. The van der Waals surface area contributed by atoms with E-state index in [9.17, 15) is 9.36 Å². The van der Waals surface area contributed by atoms with E-state index in [4.69, 9.17) is 14.5 Å². The first-order valence-corrected chi connectivity index (χ1v) is 8.28. The predicted molar refractivity (Wildman–Crippen MR) is 71.6 cm³/mol. The Morgan fingerprint density at radius 2 is 1.32 bits per heavy atom. The number of esters is 1. The molecule has 7 heteroatoms. The summed E-state index contributed by atoms with van der Waals surface area (Å²) < 4.78 is 19.5. The van der Waals surface area contributed by atoms with Crippen LogP contribution in [0.1, 0.15) is 58.3 Å². The van der Waals surface area contributed by atoms with Gasteiger partial charge in [0, 0.05) is 6.92 Å². The Bertz CT molecular complexity index is 275. The van der Waals surface area contributed by atoms with E-state index in [0.717, 1.165) is 44.9 Å². The quantitative estimate of drug-likeness (QED) is 0.327. The van der Waals surface area contributed by atoms with E-state index in [1.54, 1.807) is 0 Å². The molecule has 0 bridgehead atoms. The van der Waals surface area contributed by atoms with Gasteiger partial charge in [-0.05, 0) is 12.8 Å². The highest BCUT2D eigenvalue weighted by molar-refractivity contribution is 7.46. The molecule has 0 amide bonds. The number of hydrogen-bond donors (Lipinski definition) is 2. The third-order valence-electron chi connectivity index (χ3n) is 2.60. The van der Waals surface area contributed by atoms with Crippen LogP contribution in [-0.4, -0.2) is 29.0 Å². The maximum absolute atomic E-state index is 10.5. The van der Waals surface area contributed by atoms with Crippen molar-refractivity contribution in [3.8, 4) is 0 Å². The molecule has 0 spiro atoms. The molecule has 0 aromatic carbocycles. The lowest BCUT2D eigenvalue weighted by molar-refractivity contribution is -0.141. The molecule has 0 saturated carbocycles. The average Bonchev–Trinajstić information content (AvgIpc) is 2.28. The highest BCUT2D eigenvalue weighted by Crippen LogP contribution is 2.35. The average molecular weight is 296 g/mol. The second kappa shape index (κ2) is 11.4. The molecule has 0 aromatic rings. The van der Waals surface area contributed by atoms with Gasteiger partial charge in [0.15, 0.2) is 0 Å². The summed E-state index contributed by atoms with van der Waals surface area (Å²) in [5.41, 5.74) is 0. The Morgan fingerprint density at radius 1 is 0.895 bits per heavy atom. The Labute approximate surface area is 114 Å². The summed E-state index contributed by atoms with van der Waals surface area (Å²) in [6.45, 7) is 2.04. The number of unbranched alkanes of at least 4 members (excludes halogenated alkanes) is 7. The molecule has 0 aliphatic rings. The summed E-state index contributed by atoms with van der Waals surface area (Å²) in [5.74, 6) is -0.225. The largest absolute Gasteiger partial charge is 0.469 e. The third kappa shape index (κ3) is 17.6. The second-order valence-corrected chi connectivity index (χ2v) is 5.73. The van der Waals surface area contributed by atoms with Gasteiger partial charge >= 0.3 is 13.8 Å². The van der Waals surface area contributed by atoms with Crippen molar-refractivity contribution in [3.63, 3.8) is 0 Å². The van der Waals surface area contributed by atoms with Crippen molar-refractivity contribution >= 4 is 13.8 Å². The maximum atomic E-state index is 10.5. The van der Waals surface area contributed by atoms with Crippen LogP contribution in [0.15, 0.2) is 0 Å². The van der Waals surface area contributed by atoms with Crippen LogP contribution >= 0.6 is 7.82 Å². The van der Waals surface area contributed by atoms with Gasteiger partial charge < -0.3 is 14.5 Å². The first-order valence-electron chi connectivity index (χ1n) is 6.75. The Hall–Kier alpha value is -0.420. The van der Waals surface area contributed by atoms with Gasteiger partial charge in [-0.3, -0.25) is 9.32 Å². The monoisotopic (exact) mass is 296 g/mol. The Kier molecular flexibility index (Phi) is 11.2. The second-order valence-electron chi connectivity index (χ2n) is 4.49. The van der Waals surface area contributed by atoms with Gasteiger partial charge in [0.25, 0.3) is 0 Å². The molecule has 114 valence electrons. The van der Waals surface area contributed by atoms with Gasteiger partial charge in [-0.25, -0.2) is 4.57 Å². The van der Waals surface area contributed by atoms with Gasteiger partial charge in [-0.1, -0.05) is 38.5 Å². The third-order valence-corrected chi connectivity index (χ3v) is 3.12. The van der Waals surface area contributed by atoms with Crippen molar-refractivity contribution < 1.29 is 28.4 Å². The predicted octanol–water partition coefficient (Wildman–Crippen LogP) is 2.78. The molecule has 0 heterocycles. The van der Waals surface area contributed by atoms with Gasteiger partial charge in [-0.2, -0.15) is 0 Å². The minimum absolute atomic E-state index is 0.118. The van der Waals surface area contributed by atoms with E-state index in [1.807, 2.05) is 0 Å². The Balaban J connectivity index is 3.07. The van der Waals surface area contributed by atoms with Crippen LogP contribution in [0.25, 0.3) is 0 Å². The molecule has 0 aromatic heterocycles. The van der Waals surface area contributed by atoms with Crippen LogP contribution in [0.5, 0.6) is 0 Å². The van der Waals surface area contributed by atoms with Crippen molar-refractivity contribution in [2.24, 2.45) is 0 Å². The molecule has 0 rings (SSSR count). The minimum atomic E-state index is -4.29.